The van der Waals surface area contributed by atoms with Gasteiger partial charge in [0.2, 0.25) is 0 Å². The Balaban J connectivity index is 1.83. The molecule has 0 unspecified atom stereocenters. The maximum Gasteiger partial charge on any atom is 0.303 e. The second kappa shape index (κ2) is 5.80. The molecule has 2 heterocycles. The van der Waals surface area contributed by atoms with Crippen LogP contribution in [0.4, 0.5) is 0 Å². The highest BCUT2D eigenvalue weighted by Crippen LogP contribution is 2.24. The minimum Gasteiger partial charge on any atom is -0.481 e. The van der Waals surface area contributed by atoms with Crippen molar-refractivity contribution in [3.63, 3.8) is 0 Å². The van der Waals surface area contributed by atoms with Gasteiger partial charge in [-0.3, -0.25) is 9.69 Å². The molecule has 0 aromatic carbocycles. The summed E-state index contributed by atoms with van der Waals surface area (Å²) in [6, 6.07) is 0. The van der Waals surface area contributed by atoms with Crippen LogP contribution in [0.15, 0.2) is 0 Å². The maximum absolute atomic E-state index is 10.7. The molecule has 1 aromatic heterocycles. The first-order valence-electron chi connectivity index (χ1n) is 6.41. The van der Waals surface area contributed by atoms with Crippen LogP contribution in [0.2, 0.25) is 0 Å². The number of aromatic nitrogens is 1. The number of likely N-dealkylation sites (tertiary alicyclic amines) is 1. The second-order valence-corrected chi connectivity index (χ2v) is 6.35. The number of carbonyl (C=O) groups is 1. The van der Waals surface area contributed by atoms with E-state index in [9.17, 15) is 4.79 Å². The van der Waals surface area contributed by atoms with E-state index in [-0.39, 0.29) is 0 Å². The molecule has 1 saturated heterocycles. The lowest BCUT2D eigenvalue weighted by Crippen LogP contribution is -2.33. The fourth-order valence-corrected chi connectivity index (χ4v) is 3.50. The van der Waals surface area contributed by atoms with E-state index in [1.165, 1.54) is 4.88 Å². The lowest BCUT2D eigenvalue weighted by Gasteiger charge is -2.30. The lowest BCUT2D eigenvalue weighted by atomic mass is 9.93. The van der Waals surface area contributed by atoms with Crippen molar-refractivity contribution < 1.29 is 9.90 Å². The zero-order valence-corrected chi connectivity index (χ0v) is 11.8. The van der Waals surface area contributed by atoms with Crippen LogP contribution in [0.1, 0.15) is 34.8 Å². The van der Waals surface area contributed by atoms with Gasteiger partial charge in [-0.05, 0) is 45.7 Å². The molecule has 1 fully saturated rings. The summed E-state index contributed by atoms with van der Waals surface area (Å²) >= 11 is 1.77. The summed E-state index contributed by atoms with van der Waals surface area (Å²) in [5, 5.41) is 9.91. The van der Waals surface area contributed by atoms with Gasteiger partial charge in [0.15, 0.2) is 0 Å². The van der Waals surface area contributed by atoms with Crippen LogP contribution >= 0.6 is 11.3 Å². The minimum absolute atomic E-state index is 0.326. The van der Waals surface area contributed by atoms with Crippen LogP contribution in [-0.2, 0) is 11.3 Å². The summed E-state index contributed by atoms with van der Waals surface area (Å²) in [6.45, 7) is 7.09. The zero-order chi connectivity index (χ0) is 13.1. The Bertz CT molecular complexity index is 423. The molecule has 0 amide bonds. The Hall–Kier alpha value is -0.940. The van der Waals surface area contributed by atoms with Gasteiger partial charge in [0, 0.05) is 17.8 Å². The number of carboxylic acid groups (broad SMARTS) is 1. The van der Waals surface area contributed by atoms with Crippen molar-refractivity contribution >= 4 is 17.3 Å². The van der Waals surface area contributed by atoms with Crippen LogP contribution in [0.25, 0.3) is 0 Å². The molecule has 5 heteroatoms. The zero-order valence-electron chi connectivity index (χ0n) is 11.0. The molecule has 18 heavy (non-hydrogen) atoms. The highest BCUT2D eigenvalue weighted by molar-refractivity contribution is 7.11. The summed E-state index contributed by atoms with van der Waals surface area (Å²) in [4.78, 5) is 18.9. The first kappa shape index (κ1) is 13.5. The van der Waals surface area contributed by atoms with Gasteiger partial charge in [0.25, 0.3) is 0 Å². The van der Waals surface area contributed by atoms with Crippen molar-refractivity contribution in [1.82, 2.24) is 9.88 Å². The third-order valence-corrected chi connectivity index (χ3v) is 4.59. The molecule has 1 aliphatic rings. The van der Waals surface area contributed by atoms with Gasteiger partial charge >= 0.3 is 5.97 Å². The Kier molecular flexibility index (Phi) is 4.35. The quantitative estimate of drug-likeness (QED) is 0.911. The third kappa shape index (κ3) is 3.53. The molecule has 1 aliphatic heterocycles. The molecule has 4 nitrogen and oxygen atoms in total. The molecule has 0 bridgehead atoms. The number of aliphatic carboxylic acids is 1. The molecule has 1 aromatic rings. The Morgan fingerprint density at radius 3 is 2.61 bits per heavy atom. The minimum atomic E-state index is -0.664. The van der Waals surface area contributed by atoms with E-state index < -0.39 is 5.97 Å². The summed E-state index contributed by atoms with van der Waals surface area (Å²) in [5.41, 5.74) is 1.14. The lowest BCUT2D eigenvalue weighted by molar-refractivity contribution is -0.138. The maximum atomic E-state index is 10.7. The van der Waals surface area contributed by atoms with E-state index in [4.69, 9.17) is 5.11 Å². The molecule has 0 atom stereocenters. The predicted molar refractivity (Wildman–Crippen MR) is 71.8 cm³/mol. The second-order valence-electron chi connectivity index (χ2n) is 5.06. The topological polar surface area (TPSA) is 53.4 Å². The van der Waals surface area contributed by atoms with E-state index in [1.807, 2.05) is 6.92 Å². The average Bonchev–Trinajstić information content (AvgIpc) is 2.59. The van der Waals surface area contributed by atoms with Gasteiger partial charge in [0.05, 0.1) is 10.7 Å². The first-order chi connectivity index (χ1) is 8.54. The molecule has 1 N–H and O–H groups in total. The Morgan fingerprint density at radius 1 is 1.44 bits per heavy atom. The van der Waals surface area contributed by atoms with E-state index >= 15 is 0 Å². The van der Waals surface area contributed by atoms with Gasteiger partial charge in [-0.25, -0.2) is 4.98 Å². The van der Waals surface area contributed by atoms with Gasteiger partial charge in [0.1, 0.15) is 0 Å². The fraction of sp³-hybridized carbons (Fsp3) is 0.692. The number of carboxylic acids is 1. The van der Waals surface area contributed by atoms with Gasteiger partial charge in [-0.15, -0.1) is 11.3 Å². The summed E-state index contributed by atoms with van der Waals surface area (Å²) < 4.78 is 0. The number of hydrogen-bond donors (Lipinski definition) is 1. The third-order valence-electron chi connectivity index (χ3n) is 3.54. The van der Waals surface area contributed by atoms with Crippen molar-refractivity contribution in [3.05, 3.63) is 15.6 Å². The number of thiazole rings is 1. The number of nitrogens with zero attached hydrogens (tertiary/aromatic N) is 2. The van der Waals surface area contributed by atoms with Crippen molar-refractivity contribution in [3.8, 4) is 0 Å². The Morgan fingerprint density at radius 2 is 2.11 bits per heavy atom. The normalized spacial score (nSPS) is 18.1. The van der Waals surface area contributed by atoms with E-state index in [1.54, 1.807) is 11.3 Å². The molecule has 0 radical (unpaired) electrons. The molecule has 0 aliphatic carbocycles. The van der Waals surface area contributed by atoms with Crippen LogP contribution < -0.4 is 0 Å². The number of rotatable bonds is 4. The Labute approximate surface area is 112 Å². The summed E-state index contributed by atoms with van der Waals surface area (Å²) in [7, 11) is 0. The fourth-order valence-electron chi connectivity index (χ4n) is 2.52. The molecule has 0 spiro atoms. The van der Waals surface area contributed by atoms with Crippen molar-refractivity contribution in [2.45, 2.75) is 39.7 Å². The first-order valence-corrected chi connectivity index (χ1v) is 7.23. The van der Waals surface area contributed by atoms with E-state index in [2.05, 4.69) is 16.8 Å². The van der Waals surface area contributed by atoms with Crippen molar-refractivity contribution in [2.24, 2.45) is 5.92 Å². The molecular formula is C13H20N2O2S. The number of hydrogen-bond acceptors (Lipinski definition) is 4. The molecule has 0 saturated carbocycles. The van der Waals surface area contributed by atoms with Crippen LogP contribution in [0.3, 0.4) is 0 Å². The van der Waals surface area contributed by atoms with Gasteiger partial charge < -0.3 is 5.11 Å². The SMILES string of the molecule is Cc1nc(C)c(CN2CCC(CC(=O)O)CC2)s1. The molecular weight excluding hydrogens is 248 g/mol. The number of piperidine rings is 1. The monoisotopic (exact) mass is 268 g/mol. The molecule has 2 rings (SSSR count). The van der Waals surface area contributed by atoms with Crippen LogP contribution in [0.5, 0.6) is 0 Å². The van der Waals surface area contributed by atoms with Gasteiger partial charge in [-0.2, -0.15) is 0 Å². The summed E-state index contributed by atoms with van der Waals surface area (Å²) in [6.07, 6.45) is 2.33. The van der Waals surface area contributed by atoms with Gasteiger partial charge in [-0.1, -0.05) is 0 Å². The number of aryl methyl sites for hydroxylation is 2. The summed E-state index contributed by atoms with van der Waals surface area (Å²) in [5.74, 6) is -0.301. The van der Waals surface area contributed by atoms with E-state index in [0.717, 1.165) is 43.2 Å². The van der Waals surface area contributed by atoms with Crippen molar-refractivity contribution in [2.75, 3.05) is 13.1 Å². The molecule has 100 valence electrons. The van der Waals surface area contributed by atoms with Crippen LogP contribution in [-0.4, -0.2) is 34.0 Å². The van der Waals surface area contributed by atoms with E-state index in [0.29, 0.717) is 12.3 Å². The predicted octanol–water partition coefficient (Wildman–Crippen LogP) is 2.45. The highest BCUT2D eigenvalue weighted by Gasteiger charge is 2.22. The smallest absolute Gasteiger partial charge is 0.303 e. The van der Waals surface area contributed by atoms with Crippen LogP contribution in [0, 0.1) is 19.8 Å². The largest absolute Gasteiger partial charge is 0.481 e. The highest BCUT2D eigenvalue weighted by atomic mass is 32.1. The average molecular weight is 268 g/mol. The standard InChI is InChI=1S/C13H20N2O2S/c1-9-12(18-10(2)14-9)8-15-5-3-11(4-6-15)7-13(16)17/h11H,3-8H2,1-2H3,(H,16,17). The van der Waals surface area contributed by atoms with Crippen molar-refractivity contribution in [1.29, 1.82) is 0 Å².